The van der Waals surface area contributed by atoms with Gasteiger partial charge in [-0.3, -0.25) is 14.9 Å². The van der Waals surface area contributed by atoms with Gasteiger partial charge in [-0.15, -0.1) is 0 Å². The van der Waals surface area contributed by atoms with Crippen LogP contribution < -0.4 is 10.2 Å². The zero-order valence-electron chi connectivity index (χ0n) is 17.0. The molecule has 1 N–H and O–H groups in total. The van der Waals surface area contributed by atoms with Gasteiger partial charge < -0.3 is 4.74 Å². The molecule has 0 spiro atoms. The average Bonchev–Trinajstić information content (AvgIpc) is 2.83. The molecule has 4 rings (SSSR count). The fourth-order valence-corrected chi connectivity index (χ4v) is 3.23. The van der Waals surface area contributed by atoms with Gasteiger partial charge in [0.05, 0.1) is 11.1 Å². The molecular weight excluding hydrogens is 406 g/mol. The van der Waals surface area contributed by atoms with Gasteiger partial charge in [-0.05, 0) is 46.2 Å². The summed E-state index contributed by atoms with van der Waals surface area (Å²) in [6.45, 7) is 0.429. The molecule has 0 aliphatic heterocycles. The third-order valence-electron chi connectivity index (χ3n) is 4.85. The molecule has 0 unspecified atom stereocenters. The molecule has 158 valence electrons. The lowest BCUT2D eigenvalue weighted by Crippen LogP contribution is -2.17. The number of non-ortho nitro benzene ring substituents is 1. The van der Waals surface area contributed by atoms with E-state index in [1.54, 1.807) is 0 Å². The van der Waals surface area contributed by atoms with Crippen LogP contribution in [-0.2, 0) is 6.61 Å². The highest BCUT2D eigenvalue weighted by atomic mass is 16.6. The Morgan fingerprint density at radius 1 is 0.969 bits per heavy atom. The number of rotatable bonds is 7. The average molecular weight is 425 g/mol. The quantitative estimate of drug-likeness (QED) is 0.253. The number of fused-ring (bicyclic) bond motifs is 1. The lowest BCUT2D eigenvalue weighted by molar-refractivity contribution is -0.384. The smallest absolute Gasteiger partial charge is 0.271 e. The third kappa shape index (κ3) is 4.96. The summed E-state index contributed by atoms with van der Waals surface area (Å²) in [6, 6.07) is 27.0. The molecule has 32 heavy (non-hydrogen) atoms. The van der Waals surface area contributed by atoms with Crippen molar-refractivity contribution in [3.8, 4) is 5.75 Å². The maximum atomic E-state index is 12.1. The van der Waals surface area contributed by atoms with Gasteiger partial charge >= 0.3 is 0 Å². The number of hydrogen-bond acceptors (Lipinski definition) is 5. The first-order valence-electron chi connectivity index (χ1n) is 9.87. The van der Waals surface area contributed by atoms with Crippen LogP contribution in [0.25, 0.3) is 10.8 Å². The predicted octanol–water partition coefficient (Wildman–Crippen LogP) is 5.09. The summed E-state index contributed by atoms with van der Waals surface area (Å²) >= 11 is 0. The monoisotopic (exact) mass is 425 g/mol. The maximum absolute atomic E-state index is 12.1. The van der Waals surface area contributed by atoms with Crippen LogP contribution >= 0.6 is 0 Å². The zero-order chi connectivity index (χ0) is 22.3. The molecule has 0 aliphatic rings. The minimum atomic E-state index is -0.519. The minimum Gasteiger partial charge on any atom is -0.489 e. The van der Waals surface area contributed by atoms with Crippen LogP contribution in [-0.4, -0.2) is 17.0 Å². The number of carbonyl (C=O) groups is 1. The van der Waals surface area contributed by atoms with Gasteiger partial charge in [0.1, 0.15) is 12.4 Å². The highest BCUT2D eigenvalue weighted by Crippen LogP contribution is 2.21. The second-order valence-electron chi connectivity index (χ2n) is 7.00. The number of benzene rings is 4. The number of hydrogen-bond donors (Lipinski definition) is 1. The summed E-state index contributed by atoms with van der Waals surface area (Å²) in [7, 11) is 0. The number of hydrazone groups is 1. The van der Waals surface area contributed by atoms with E-state index in [1.807, 2.05) is 48.5 Å². The van der Waals surface area contributed by atoms with Crippen molar-refractivity contribution >= 4 is 28.6 Å². The summed E-state index contributed by atoms with van der Waals surface area (Å²) in [5.74, 6) is 0.225. The van der Waals surface area contributed by atoms with E-state index in [0.717, 1.165) is 16.5 Å². The molecule has 0 aliphatic carbocycles. The van der Waals surface area contributed by atoms with Crippen molar-refractivity contribution < 1.29 is 14.5 Å². The molecule has 0 saturated heterocycles. The van der Waals surface area contributed by atoms with E-state index < -0.39 is 10.8 Å². The van der Waals surface area contributed by atoms with Gasteiger partial charge in [-0.25, -0.2) is 5.43 Å². The van der Waals surface area contributed by atoms with E-state index in [-0.39, 0.29) is 11.3 Å². The van der Waals surface area contributed by atoms with Crippen molar-refractivity contribution in [2.75, 3.05) is 0 Å². The van der Waals surface area contributed by atoms with Crippen LogP contribution in [0.15, 0.2) is 96.1 Å². The highest BCUT2D eigenvalue weighted by molar-refractivity contribution is 5.95. The van der Waals surface area contributed by atoms with Gasteiger partial charge in [0, 0.05) is 17.7 Å². The van der Waals surface area contributed by atoms with E-state index in [2.05, 4.69) is 28.7 Å². The first-order chi connectivity index (χ1) is 15.6. The predicted molar refractivity (Wildman–Crippen MR) is 123 cm³/mol. The van der Waals surface area contributed by atoms with Gasteiger partial charge in [-0.1, -0.05) is 54.6 Å². The van der Waals surface area contributed by atoms with Crippen LogP contribution in [0.5, 0.6) is 5.75 Å². The van der Waals surface area contributed by atoms with Crippen LogP contribution in [0.3, 0.4) is 0 Å². The van der Waals surface area contributed by atoms with Crippen LogP contribution in [0.4, 0.5) is 5.69 Å². The summed E-state index contributed by atoms with van der Waals surface area (Å²) in [5, 5.41) is 17.0. The van der Waals surface area contributed by atoms with Gasteiger partial charge in [0.25, 0.3) is 11.6 Å². The van der Waals surface area contributed by atoms with Crippen molar-refractivity contribution in [1.29, 1.82) is 0 Å². The lowest BCUT2D eigenvalue weighted by atomic mass is 10.1. The molecule has 0 atom stereocenters. The Morgan fingerprint density at radius 2 is 1.72 bits per heavy atom. The minimum absolute atomic E-state index is 0.0784. The number of ether oxygens (including phenoxy) is 1. The van der Waals surface area contributed by atoms with Crippen LogP contribution in [0.2, 0.25) is 0 Å². The van der Waals surface area contributed by atoms with E-state index in [4.69, 9.17) is 4.74 Å². The Labute approximate surface area is 184 Å². The molecule has 0 saturated carbocycles. The van der Waals surface area contributed by atoms with Crippen molar-refractivity contribution in [3.63, 3.8) is 0 Å². The largest absolute Gasteiger partial charge is 0.489 e. The Bertz CT molecular complexity index is 1290. The molecule has 1 amide bonds. The molecular formula is C25H19N3O4. The number of nitrogens with one attached hydrogen (secondary N) is 1. The van der Waals surface area contributed by atoms with Gasteiger partial charge in [0.2, 0.25) is 0 Å². The molecule has 7 heteroatoms. The number of nitro benzene ring substituents is 1. The standard InChI is InChI=1S/C25H19N3O4/c29-25(20-11-13-22(14-12-20)28(30)31)27-26-16-18-5-3-9-23(15-18)32-17-21-8-4-7-19-6-1-2-10-24(19)21/h1-16H,17H2,(H,27,29)/b26-16+. The highest BCUT2D eigenvalue weighted by Gasteiger charge is 2.08. The van der Waals surface area contributed by atoms with Crippen LogP contribution in [0, 0.1) is 10.1 Å². The van der Waals surface area contributed by atoms with Gasteiger partial charge in [-0.2, -0.15) is 5.10 Å². The topological polar surface area (TPSA) is 93.8 Å². The maximum Gasteiger partial charge on any atom is 0.271 e. The molecule has 4 aromatic rings. The van der Waals surface area contributed by atoms with E-state index in [9.17, 15) is 14.9 Å². The van der Waals surface area contributed by atoms with E-state index >= 15 is 0 Å². The van der Waals surface area contributed by atoms with E-state index in [1.165, 1.54) is 35.9 Å². The number of nitrogens with zero attached hydrogens (tertiary/aromatic N) is 2. The number of carbonyl (C=O) groups excluding carboxylic acids is 1. The second-order valence-corrected chi connectivity index (χ2v) is 7.00. The zero-order valence-corrected chi connectivity index (χ0v) is 17.0. The molecule has 0 fully saturated rings. The van der Waals surface area contributed by atoms with Gasteiger partial charge in [0.15, 0.2) is 0 Å². The number of nitro groups is 1. The normalized spacial score (nSPS) is 10.9. The molecule has 4 aromatic carbocycles. The Hall–Kier alpha value is -4.52. The van der Waals surface area contributed by atoms with Crippen molar-refractivity contribution in [2.45, 2.75) is 6.61 Å². The Balaban J connectivity index is 1.37. The molecule has 7 nitrogen and oxygen atoms in total. The van der Waals surface area contributed by atoms with Crippen molar-refractivity contribution in [2.24, 2.45) is 5.10 Å². The summed E-state index contributed by atoms with van der Waals surface area (Å²) in [4.78, 5) is 22.3. The third-order valence-corrected chi connectivity index (χ3v) is 4.85. The summed E-state index contributed by atoms with van der Waals surface area (Å²) in [5.41, 5.74) is 4.46. The first kappa shape index (κ1) is 20.7. The first-order valence-corrected chi connectivity index (χ1v) is 9.87. The van der Waals surface area contributed by atoms with Crippen LogP contribution in [0.1, 0.15) is 21.5 Å². The second kappa shape index (κ2) is 9.53. The summed E-state index contributed by atoms with van der Waals surface area (Å²) in [6.07, 6.45) is 1.51. The summed E-state index contributed by atoms with van der Waals surface area (Å²) < 4.78 is 5.96. The Kier molecular flexibility index (Phi) is 6.17. The molecule has 0 aromatic heterocycles. The fourth-order valence-electron chi connectivity index (χ4n) is 3.23. The fraction of sp³-hybridized carbons (Fsp3) is 0.0400. The molecule has 0 heterocycles. The SMILES string of the molecule is O=C(N/N=C/c1cccc(OCc2cccc3ccccc23)c1)c1ccc([N+](=O)[O-])cc1. The Morgan fingerprint density at radius 3 is 2.53 bits per heavy atom. The lowest BCUT2D eigenvalue weighted by Gasteiger charge is -2.09. The van der Waals surface area contributed by atoms with Crippen molar-refractivity contribution in [3.05, 3.63) is 118 Å². The molecule has 0 bridgehead atoms. The van der Waals surface area contributed by atoms with Crippen molar-refractivity contribution in [1.82, 2.24) is 5.43 Å². The number of amides is 1. The molecule has 0 radical (unpaired) electrons. The van der Waals surface area contributed by atoms with E-state index in [0.29, 0.717) is 12.4 Å².